The van der Waals surface area contributed by atoms with Crippen molar-refractivity contribution >= 4 is 22.5 Å². The van der Waals surface area contributed by atoms with Crippen LogP contribution in [0.1, 0.15) is 25.7 Å². The molecule has 1 aromatic rings. The second-order valence-electron chi connectivity index (χ2n) is 6.28. The van der Waals surface area contributed by atoms with Crippen molar-refractivity contribution in [2.45, 2.75) is 36.7 Å². The molecule has 23 heavy (non-hydrogen) atoms. The highest BCUT2D eigenvalue weighted by Crippen LogP contribution is 2.29. The minimum Gasteiger partial charge on any atom is -0.378 e. The van der Waals surface area contributed by atoms with Gasteiger partial charge in [-0.2, -0.15) is 0 Å². The van der Waals surface area contributed by atoms with Crippen molar-refractivity contribution in [3.05, 3.63) is 24.3 Å². The van der Waals surface area contributed by atoms with Crippen molar-refractivity contribution in [3.63, 3.8) is 0 Å². The van der Waals surface area contributed by atoms with Crippen LogP contribution in [0.4, 0.5) is 10.5 Å². The van der Waals surface area contributed by atoms with Crippen LogP contribution in [-0.2, 0) is 15.5 Å². The van der Waals surface area contributed by atoms with Crippen LogP contribution in [0.3, 0.4) is 0 Å². The maximum absolute atomic E-state index is 12.3. The summed E-state index contributed by atoms with van der Waals surface area (Å²) in [5.41, 5.74) is 0.741. The van der Waals surface area contributed by atoms with Gasteiger partial charge in [0, 0.05) is 47.3 Å². The summed E-state index contributed by atoms with van der Waals surface area (Å²) in [5.74, 6) is 0.598. The lowest BCUT2D eigenvalue weighted by molar-refractivity contribution is 0.0382. The number of carbonyl (C=O) groups is 1. The Morgan fingerprint density at radius 1 is 1.22 bits per heavy atom. The van der Waals surface area contributed by atoms with E-state index in [1.54, 1.807) is 30.5 Å². The van der Waals surface area contributed by atoms with E-state index in [0.29, 0.717) is 12.0 Å². The molecule has 1 N–H and O–H groups in total. The van der Waals surface area contributed by atoms with Gasteiger partial charge in [0.1, 0.15) is 0 Å². The molecule has 0 aliphatic carbocycles. The molecule has 6 heteroatoms. The molecule has 2 amide bonds. The fourth-order valence-corrected chi connectivity index (χ4v) is 3.90. The number of nitrogens with one attached hydrogen (secondary N) is 1. The SMILES string of the molecule is C[S@@](=O)c1ccc(NC(=O)N2CCC([C@H]3CCCO3)CC2)cc1. The monoisotopic (exact) mass is 336 g/mol. The third-order valence-electron chi connectivity index (χ3n) is 4.76. The van der Waals surface area contributed by atoms with Crippen molar-refractivity contribution in [1.82, 2.24) is 4.90 Å². The summed E-state index contributed by atoms with van der Waals surface area (Å²) < 4.78 is 17.1. The van der Waals surface area contributed by atoms with Gasteiger partial charge in [-0.15, -0.1) is 0 Å². The van der Waals surface area contributed by atoms with Gasteiger partial charge in [0.05, 0.1) is 6.10 Å². The predicted molar refractivity (Wildman–Crippen MR) is 91.1 cm³/mol. The van der Waals surface area contributed by atoms with Crippen LogP contribution in [-0.4, -0.2) is 47.2 Å². The van der Waals surface area contributed by atoms with Gasteiger partial charge in [-0.3, -0.25) is 4.21 Å². The number of piperidine rings is 1. The fraction of sp³-hybridized carbons (Fsp3) is 0.588. The standard InChI is InChI=1S/C17H24N2O3S/c1-23(21)15-6-4-14(5-7-15)18-17(20)19-10-8-13(9-11-19)16-3-2-12-22-16/h4-7,13,16H,2-3,8-12H2,1H3,(H,18,20)/t16-,23-/m1/s1. The minimum absolute atomic E-state index is 0.0545. The van der Waals surface area contributed by atoms with E-state index in [0.717, 1.165) is 43.1 Å². The summed E-state index contributed by atoms with van der Waals surface area (Å²) in [6.45, 7) is 2.46. The first kappa shape index (κ1) is 16.5. The van der Waals surface area contributed by atoms with E-state index in [1.165, 1.54) is 12.8 Å². The zero-order valence-electron chi connectivity index (χ0n) is 13.5. The van der Waals surface area contributed by atoms with E-state index in [-0.39, 0.29) is 6.03 Å². The highest BCUT2D eigenvalue weighted by atomic mass is 32.2. The van der Waals surface area contributed by atoms with E-state index in [1.807, 2.05) is 4.90 Å². The molecule has 2 aliphatic rings. The molecule has 0 bridgehead atoms. The molecule has 2 atom stereocenters. The first-order valence-electron chi connectivity index (χ1n) is 8.24. The summed E-state index contributed by atoms with van der Waals surface area (Å²) in [4.78, 5) is 15.0. The third kappa shape index (κ3) is 4.12. The zero-order chi connectivity index (χ0) is 16.2. The number of likely N-dealkylation sites (tertiary alicyclic amines) is 1. The smallest absolute Gasteiger partial charge is 0.321 e. The molecule has 0 unspecified atom stereocenters. The van der Waals surface area contributed by atoms with Crippen LogP contribution in [0.5, 0.6) is 0 Å². The Morgan fingerprint density at radius 3 is 2.48 bits per heavy atom. The molecule has 126 valence electrons. The van der Waals surface area contributed by atoms with Crippen LogP contribution in [0.2, 0.25) is 0 Å². The average molecular weight is 336 g/mol. The highest BCUT2D eigenvalue weighted by Gasteiger charge is 2.30. The molecular weight excluding hydrogens is 312 g/mol. The van der Waals surface area contributed by atoms with Crippen molar-refractivity contribution in [1.29, 1.82) is 0 Å². The molecule has 3 rings (SSSR count). The van der Waals surface area contributed by atoms with Crippen molar-refractivity contribution in [3.8, 4) is 0 Å². The van der Waals surface area contributed by atoms with Crippen LogP contribution in [0, 0.1) is 5.92 Å². The number of anilines is 1. The van der Waals surface area contributed by atoms with Crippen molar-refractivity contribution < 1.29 is 13.7 Å². The average Bonchev–Trinajstić information content (AvgIpc) is 3.10. The molecule has 0 radical (unpaired) electrons. The number of urea groups is 1. The number of nitrogens with zero attached hydrogens (tertiary/aromatic N) is 1. The summed E-state index contributed by atoms with van der Waals surface area (Å²) in [7, 11) is -0.995. The Balaban J connectivity index is 1.50. The van der Waals surface area contributed by atoms with E-state index in [4.69, 9.17) is 4.74 Å². The van der Waals surface area contributed by atoms with Crippen molar-refractivity contribution in [2.75, 3.05) is 31.3 Å². The van der Waals surface area contributed by atoms with E-state index >= 15 is 0 Å². The number of hydrogen-bond acceptors (Lipinski definition) is 3. The fourth-order valence-electron chi connectivity index (χ4n) is 3.38. The van der Waals surface area contributed by atoms with E-state index in [2.05, 4.69) is 5.32 Å². The Hall–Kier alpha value is -1.40. The highest BCUT2D eigenvalue weighted by molar-refractivity contribution is 7.84. The number of benzene rings is 1. The van der Waals surface area contributed by atoms with Gasteiger partial charge in [0.15, 0.2) is 0 Å². The predicted octanol–water partition coefficient (Wildman–Crippen LogP) is 2.85. The summed E-state index contributed by atoms with van der Waals surface area (Å²) in [6.07, 6.45) is 6.43. The van der Waals surface area contributed by atoms with E-state index in [9.17, 15) is 9.00 Å². The van der Waals surface area contributed by atoms with Crippen LogP contribution in [0.25, 0.3) is 0 Å². The minimum atomic E-state index is -0.995. The number of hydrogen-bond donors (Lipinski definition) is 1. The normalized spacial score (nSPS) is 23.7. The van der Waals surface area contributed by atoms with Gasteiger partial charge in [0.2, 0.25) is 0 Å². The zero-order valence-corrected chi connectivity index (χ0v) is 14.3. The summed E-state index contributed by atoms with van der Waals surface area (Å²) in [6, 6.07) is 7.12. The summed E-state index contributed by atoms with van der Waals surface area (Å²) in [5, 5.41) is 2.92. The van der Waals surface area contributed by atoms with Crippen LogP contribution in [0.15, 0.2) is 29.2 Å². The second-order valence-corrected chi connectivity index (χ2v) is 7.66. The molecule has 2 heterocycles. The molecule has 2 fully saturated rings. The Kier molecular flexibility index (Phi) is 5.33. The quantitative estimate of drug-likeness (QED) is 0.923. The maximum Gasteiger partial charge on any atom is 0.321 e. The Bertz CT molecular complexity index is 562. The third-order valence-corrected chi connectivity index (χ3v) is 5.69. The lowest BCUT2D eigenvalue weighted by Crippen LogP contribution is -2.43. The number of rotatable bonds is 3. The first-order chi connectivity index (χ1) is 11.1. The van der Waals surface area contributed by atoms with Gasteiger partial charge < -0.3 is 15.0 Å². The van der Waals surface area contributed by atoms with Gasteiger partial charge in [-0.1, -0.05) is 0 Å². The van der Waals surface area contributed by atoms with E-state index < -0.39 is 10.8 Å². The van der Waals surface area contributed by atoms with Gasteiger partial charge in [0.25, 0.3) is 0 Å². The molecule has 0 saturated carbocycles. The molecule has 1 aromatic carbocycles. The van der Waals surface area contributed by atoms with Gasteiger partial charge in [-0.25, -0.2) is 4.79 Å². The second kappa shape index (κ2) is 7.45. The number of carbonyl (C=O) groups excluding carboxylic acids is 1. The molecule has 2 aliphatic heterocycles. The van der Waals surface area contributed by atoms with Gasteiger partial charge in [-0.05, 0) is 55.9 Å². The van der Waals surface area contributed by atoms with Gasteiger partial charge >= 0.3 is 6.03 Å². The van der Waals surface area contributed by atoms with Crippen LogP contribution < -0.4 is 5.32 Å². The van der Waals surface area contributed by atoms with Crippen molar-refractivity contribution in [2.24, 2.45) is 5.92 Å². The molecule has 5 nitrogen and oxygen atoms in total. The molecule has 0 spiro atoms. The lowest BCUT2D eigenvalue weighted by Gasteiger charge is -2.34. The molecule has 2 saturated heterocycles. The first-order valence-corrected chi connectivity index (χ1v) is 9.80. The maximum atomic E-state index is 12.3. The molecule has 0 aromatic heterocycles. The topological polar surface area (TPSA) is 58.6 Å². The lowest BCUT2D eigenvalue weighted by atomic mass is 9.90. The largest absolute Gasteiger partial charge is 0.378 e. The Labute approximate surface area is 139 Å². The van der Waals surface area contributed by atoms with Crippen LogP contribution >= 0.6 is 0 Å². The Morgan fingerprint density at radius 2 is 1.91 bits per heavy atom. The number of amides is 2. The molecular formula is C17H24N2O3S. The summed E-state index contributed by atoms with van der Waals surface area (Å²) >= 11 is 0. The number of ether oxygens (including phenoxy) is 1.